The summed E-state index contributed by atoms with van der Waals surface area (Å²) >= 11 is 0. The average molecular weight is 807 g/mol. The lowest BCUT2D eigenvalue weighted by Crippen LogP contribution is -2.69. The fraction of sp³-hybridized carbons (Fsp3) is 0.457. The van der Waals surface area contributed by atoms with Gasteiger partial charge in [0.1, 0.15) is 28.9 Å². The van der Waals surface area contributed by atoms with Gasteiger partial charge in [0, 0.05) is 49.8 Å². The van der Waals surface area contributed by atoms with Crippen LogP contribution in [-0.2, 0) is 9.57 Å². The molecule has 2 N–H and O–H groups in total. The normalized spacial score (nSPS) is 23.8. The van der Waals surface area contributed by atoms with Crippen LogP contribution in [0.2, 0.25) is 0 Å². The second kappa shape index (κ2) is 18.6. The number of fused-ring (bicyclic) bond motifs is 2. The lowest BCUT2D eigenvalue weighted by molar-refractivity contribution is -0.384. The lowest BCUT2D eigenvalue weighted by atomic mass is 9.55. The van der Waals surface area contributed by atoms with Crippen molar-refractivity contribution in [3.05, 3.63) is 118 Å². The molecule has 0 aromatic heterocycles. The number of aliphatic hydroxyl groups excluding tert-OH is 2. The molecule has 1 saturated carbocycles. The molecule has 3 aromatic carbocycles. The van der Waals surface area contributed by atoms with E-state index < -0.39 is 28.3 Å². The van der Waals surface area contributed by atoms with Gasteiger partial charge in [0.05, 0.1) is 40.9 Å². The van der Waals surface area contributed by atoms with Gasteiger partial charge in [0.2, 0.25) is 5.79 Å². The van der Waals surface area contributed by atoms with Gasteiger partial charge in [-0.25, -0.2) is 0 Å². The first kappa shape index (κ1) is 43.0. The molecule has 0 radical (unpaired) electrons. The van der Waals surface area contributed by atoms with E-state index in [-0.39, 0.29) is 55.6 Å². The van der Waals surface area contributed by atoms with Crippen molar-refractivity contribution in [3.63, 3.8) is 0 Å². The zero-order valence-corrected chi connectivity index (χ0v) is 34.2. The van der Waals surface area contributed by atoms with Crippen LogP contribution in [0.4, 0.5) is 5.69 Å². The van der Waals surface area contributed by atoms with Crippen LogP contribution >= 0.6 is 0 Å². The van der Waals surface area contributed by atoms with Gasteiger partial charge in [0.25, 0.3) is 11.6 Å². The number of hydrogen-bond acceptors (Lipinski definition) is 11. The number of aliphatic hydroxyl groups is 2. The summed E-state index contributed by atoms with van der Waals surface area (Å²) in [6.07, 6.45) is 8.48. The number of oxime groups is 1. The Morgan fingerprint density at radius 1 is 1.07 bits per heavy atom. The molecule has 6 rings (SSSR count). The number of carbonyl (C=O) groups excluding carboxylic acids is 1. The summed E-state index contributed by atoms with van der Waals surface area (Å²) in [5.74, 6) is -1.27. The number of amides is 1. The van der Waals surface area contributed by atoms with E-state index in [9.17, 15) is 30.4 Å². The Morgan fingerprint density at radius 3 is 2.44 bits per heavy atom. The maximum absolute atomic E-state index is 14.5. The summed E-state index contributed by atoms with van der Waals surface area (Å²) in [7, 11) is 1.73. The monoisotopic (exact) mass is 806 g/mol. The molecule has 0 bridgehead atoms. The minimum Gasteiger partial charge on any atom is -0.459 e. The first-order chi connectivity index (χ1) is 28.3. The Bertz CT molecular complexity index is 2100. The smallest absolute Gasteiger partial charge is 0.273 e. The maximum atomic E-state index is 14.5. The fourth-order valence-corrected chi connectivity index (χ4v) is 8.81. The van der Waals surface area contributed by atoms with Gasteiger partial charge in [-0.05, 0) is 112 Å². The van der Waals surface area contributed by atoms with E-state index in [1.54, 1.807) is 60.5 Å². The summed E-state index contributed by atoms with van der Waals surface area (Å²) in [5.41, 5.74) is 2.50. The second-order valence-electron chi connectivity index (χ2n) is 16.4. The summed E-state index contributed by atoms with van der Waals surface area (Å²) < 4.78 is 20.5. The molecule has 6 unspecified atom stereocenters. The molecule has 13 nitrogen and oxygen atoms in total. The number of allylic oxidation sites excluding steroid dienone is 1. The van der Waals surface area contributed by atoms with Crippen LogP contribution in [0, 0.1) is 39.2 Å². The van der Waals surface area contributed by atoms with E-state index in [1.807, 2.05) is 32.9 Å². The largest absolute Gasteiger partial charge is 0.459 e. The van der Waals surface area contributed by atoms with Crippen molar-refractivity contribution in [3.8, 4) is 23.3 Å². The molecule has 312 valence electrons. The minimum atomic E-state index is -1.46. The minimum absolute atomic E-state index is 0.0144. The molecule has 1 fully saturated rings. The molecule has 6 atom stereocenters. The molecule has 1 heterocycles. The summed E-state index contributed by atoms with van der Waals surface area (Å²) in [4.78, 5) is 33.4. The second-order valence-corrected chi connectivity index (χ2v) is 16.4. The number of nitro groups is 1. The number of hydrogen-bond donors (Lipinski definition) is 2. The Labute approximate surface area is 345 Å². The number of nitro benzene ring substituents is 1. The Kier molecular flexibility index (Phi) is 13.6. The van der Waals surface area contributed by atoms with E-state index >= 15 is 0 Å². The number of rotatable bonds is 17. The Hall–Kier alpha value is -5.55. The van der Waals surface area contributed by atoms with Gasteiger partial charge in [-0.15, -0.1) is 6.58 Å². The third-order valence-corrected chi connectivity index (χ3v) is 11.4. The number of likely N-dealkylation sites (N-methyl/N-ethyl adjacent to an activating group) is 1. The molecular formula is C46H54N4O9. The van der Waals surface area contributed by atoms with E-state index in [2.05, 4.69) is 18.7 Å². The molecule has 13 heteroatoms. The summed E-state index contributed by atoms with van der Waals surface area (Å²) in [6, 6.07) is 19.4. The van der Waals surface area contributed by atoms with Crippen molar-refractivity contribution in [1.29, 1.82) is 5.26 Å². The Balaban J connectivity index is 1.58. The molecule has 0 saturated heterocycles. The van der Waals surface area contributed by atoms with Gasteiger partial charge in [-0.3, -0.25) is 14.9 Å². The number of unbranched alkanes of at least 4 members (excludes halogenated alkanes) is 2. The molecule has 2 aliphatic carbocycles. The average Bonchev–Trinajstić information content (AvgIpc) is 3.22. The highest BCUT2D eigenvalue weighted by Gasteiger charge is 2.65. The van der Waals surface area contributed by atoms with Crippen molar-refractivity contribution in [2.45, 2.75) is 89.1 Å². The SMILES string of the molecule is C=CCOC12Oc3ccc(Oc4cccc([N+](=O)[O-])c4)cc3C3C(CCCCO)C(CCCCO)C=C(C(=NOC(C)(C)C)CC1N(C)C(=O)c1ccc(C#N)cc1)C32. The van der Waals surface area contributed by atoms with Crippen LogP contribution in [0.25, 0.3) is 0 Å². The third kappa shape index (κ3) is 9.36. The number of ether oxygens (including phenoxy) is 3. The summed E-state index contributed by atoms with van der Waals surface area (Å²) in [6.45, 7) is 9.97. The first-order valence-electron chi connectivity index (χ1n) is 20.3. The standard InChI is InChI=1S/C46H54N4O9/c1-6-24-56-46-41(49(5)44(53)31-18-16-30(29-47)17-19-31)28-39(48-59-45(2,3)4)37-25-32(12-7-9-22-51)36(15-8-10-23-52)42(43(37)46)38-27-35(20-21-40(38)58-46)57-34-14-11-13-33(26-34)50(54)55/h6,11,13-14,16-21,25-27,32,36,41-43,51-52H,1,7-10,12,15,22-24,28H2,2-5H3. The van der Waals surface area contributed by atoms with Crippen LogP contribution in [0.1, 0.15) is 93.1 Å². The maximum Gasteiger partial charge on any atom is 0.273 e. The Morgan fingerprint density at radius 2 is 1.78 bits per heavy atom. The number of benzene rings is 3. The van der Waals surface area contributed by atoms with Crippen molar-refractivity contribution < 1.29 is 39.0 Å². The fourth-order valence-electron chi connectivity index (χ4n) is 8.81. The van der Waals surface area contributed by atoms with Crippen LogP contribution in [-0.4, -0.2) is 76.0 Å². The molecule has 3 aliphatic rings. The highest BCUT2D eigenvalue weighted by atomic mass is 16.7. The third-order valence-electron chi connectivity index (χ3n) is 11.4. The number of non-ortho nitro benzene ring substituents is 1. The predicted molar refractivity (Wildman–Crippen MR) is 222 cm³/mol. The number of nitriles is 1. The van der Waals surface area contributed by atoms with Gasteiger partial charge in [0.15, 0.2) is 0 Å². The van der Waals surface area contributed by atoms with Crippen LogP contribution < -0.4 is 9.47 Å². The van der Waals surface area contributed by atoms with Crippen molar-refractivity contribution >= 4 is 17.3 Å². The van der Waals surface area contributed by atoms with Crippen LogP contribution in [0.3, 0.4) is 0 Å². The molecule has 1 aliphatic heterocycles. The predicted octanol–water partition coefficient (Wildman–Crippen LogP) is 8.46. The molecule has 0 spiro atoms. The lowest BCUT2D eigenvalue weighted by Gasteiger charge is -2.59. The van der Waals surface area contributed by atoms with Gasteiger partial charge in [-0.2, -0.15) is 5.26 Å². The van der Waals surface area contributed by atoms with Crippen LogP contribution in [0.15, 0.2) is 96.2 Å². The number of carbonyl (C=O) groups is 1. The van der Waals surface area contributed by atoms with E-state index in [4.69, 9.17) is 24.2 Å². The zero-order valence-electron chi connectivity index (χ0n) is 34.2. The van der Waals surface area contributed by atoms with Crippen molar-refractivity contribution in [2.24, 2.45) is 22.9 Å². The van der Waals surface area contributed by atoms with Crippen molar-refractivity contribution in [2.75, 3.05) is 26.9 Å². The quantitative estimate of drug-likeness (QED) is 0.0582. The van der Waals surface area contributed by atoms with E-state index in [1.165, 1.54) is 12.1 Å². The van der Waals surface area contributed by atoms with Gasteiger partial charge < -0.3 is 34.2 Å². The summed E-state index contributed by atoms with van der Waals surface area (Å²) in [5, 5.41) is 45.6. The molecular weight excluding hydrogens is 753 g/mol. The first-order valence-corrected chi connectivity index (χ1v) is 20.3. The molecule has 1 amide bonds. The van der Waals surface area contributed by atoms with Crippen molar-refractivity contribution in [1.82, 2.24) is 4.90 Å². The highest BCUT2D eigenvalue weighted by molar-refractivity contribution is 6.03. The van der Waals surface area contributed by atoms with Gasteiger partial charge >= 0.3 is 0 Å². The molecule has 59 heavy (non-hydrogen) atoms. The molecule has 3 aromatic rings. The highest BCUT2D eigenvalue weighted by Crippen LogP contribution is 2.62. The van der Waals surface area contributed by atoms with E-state index in [0.29, 0.717) is 46.9 Å². The van der Waals surface area contributed by atoms with Crippen LogP contribution in [0.5, 0.6) is 17.2 Å². The van der Waals surface area contributed by atoms with Gasteiger partial charge in [-0.1, -0.05) is 36.2 Å². The van der Waals surface area contributed by atoms with E-state index in [0.717, 1.165) is 36.8 Å². The number of nitrogens with zero attached hydrogens (tertiary/aromatic N) is 4. The zero-order chi connectivity index (χ0) is 42.3. The topological polar surface area (TPSA) is 177 Å².